The van der Waals surface area contributed by atoms with Gasteiger partial charge in [-0.05, 0) is 96.3 Å². The normalized spacial score (nSPS) is 34.7. The van der Waals surface area contributed by atoms with Gasteiger partial charge in [-0.25, -0.2) is 42.5 Å². The summed E-state index contributed by atoms with van der Waals surface area (Å²) < 4.78 is 35.0. The molecule has 0 N–H and O–H groups in total. The monoisotopic (exact) mass is 675 g/mol. The molecular weight excluding hydrogens is 630 g/mol. The highest BCUT2D eigenvalue weighted by molar-refractivity contribution is 5.75. The van der Waals surface area contributed by atoms with E-state index < -0.39 is 53.1 Å². The third-order valence-corrected chi connectivity index (χ3v) is 11.1. The third-order valence-electron chi connectivity index (χ3n) is 11.1. The molecule has 0 amide bonds. The van der Waals surface area contributed by atoms with Crippen molar-refractivity contribution in [2.24, 2.45) is 17.8 Å². The summed E-state index contributed by atoms with van der Waals surface area (Å²) in [4.78, 5) is 81.4. The number of nitrogens with zero attached hydrogens (tertiary/aromatic N) is 3. The van der Waals surface area contributed by atoms with Crippen LogP contribution in [0, 0.1) is 17.8 Å². The van der Waals surface area contributed by atoms with Crippen LogP contribution >= 0.6 is 0 Å². The van der Waals surface area contributed by atoms with E-state index in [0.29, 0.717) is 13.7 Å². The fourth-order valence-corrected chi connectivity index (χ4v) is 7.78. The van der Waals surface area contributed by atoms with Gasteiger partial charge in [-0.1, -0.05) is 0 Å². The minimum absolute atomic E-state index is 0.0832. The fourth-order valence-electron chi connectivity index (χ4n) is 7.78. The molecular formula is C33H45N3O12. The van der Waals surface area contributed by atoms with E-state index in [2.05, 4.69) is 0 Å². The number of ether oxygens (including phenoxy) is 6. The van der Waals surface area contributed by atoms with Gasteiger partial charge in [0.2, 0.25) is 0 Å². The summed E-state index contributed by atoms with van der Waals surface area (Å²) in [6, 6.07) is -4.40. The second-order valence-corrected chi connectivity index (χ2v) is 14.6. The Kier molecular flexibility index (Phi) is 9.13. The van der Waals surface area contributed by atoms with Crippen molar-refractivity contribution in [1.82, 2.24) is 13.7 Å². The molecule has 3 aliphatic heterocycles. The maximum Gasteiger partial charge on any atom is 0.337 e. The number of epoxide rings is 3. The average molecular weight is 676 g/mol. The molecule has 3 saturated heterocycles. The van der Waals surface area contributed by atoms with Crippen LogP contribution in [-0.4, -0.2) is 88.1 Å². The van der Waals surface area contributed by atoms with Crippen LogP contribution in [0.4, 0.5) is 0 Å². The van der Waals surface area contributed by atoms with Gasteiger partial charge in [-0.2, -0.15) is 0 Å². The Morgan fingerprint density at radius 2 is 0.792 bits per heavy atom. The predicted molar refractivity (Wildman–Crippen MR) is 164 cm³/mol. The van der Waals surface area contributed by atoms with E-state index in [9.17, 15) is 28.8 Å². The zero-order valence-corrected chi connectivity index (χ0v) is 27.7. The van der Waals surface area contributed by atoms with Crippen LogP contribution in [0.3, 0.4) is 0 Å². The molecule has 6 aliphatic rings. The molecule has 48 heavy (non-hydrogen) atoms. The first-order chi connectivity index (χ1) is 23.0. The lowest BCUT2D eigenvalue weighted by atomic mass is 9.90. The highest BCUT2D eigenvalue weighted by atomic mass is 16.6. The molecule has 12 unspecified atom stereocenters. The molecule has 0 spiro atoms. The standard InChI is InChI=1S/C33H45N3O12/c1-16(28(37)43-13-19-4-7-22-25(10-19)46-22)34-31(40)35(17(2)29(38)44-14-20-5-8-23-26(11-20)47-23)33(42)36(32(34)41)18(3)30(39)45-15-21-6-9-24-27(12-21)48-24/h16-27H,4-15H2,1-3H3. The lowest BCUT2D eigenvalue weighted by molar-refractivity contribution is -0.149. The molecule has 0 bridgehead atoms. The second kappa shape index (κ2) is 13.2. The number of esters is 3. The topological polar surface area (TPSA) is 182 Å². The van der Waals surface area contributed by atoms with E-state index in [1.165, 1.54) is 20.8 Å². The molecule has 7 rings (SSSR count). The van der Waals surface area contributed by atoms with Crippen molar-refractivity contribution in [3.63, 3.8) is 0 Å². The van der Waals surface area contributed by atoms with Crippen molar-refractivity contribution in [2.45, 2.75) is 133 Å². The summed E-state index contributed by atoms with van der Waals surface area (Å²) in [6.45, 7) is 4.19. The molecule has 4 heterocycles. The highest BCUT2D eigenvalue weighted by Crippen LogP contribution is 2.41. The van der Waals surface area contributed by atoms with Crippen molar-refractivity contribution < 1.29 is 42.8 Å². The maximum atomic E-state index is 13.9. The Labute approximate surface area is 276 Å². The number of hydrogen-bond acceptors (Lipinski definition) is 12. The first-order valence-corrected chi connectivity index (χ1v) is 17.5. The smallest absolute Gasteiger partial charge is 0.337 e. The summed E-state index contributed by atoms with van der Waals surface area (Å²) in [6.07, 6.45) is 8.74. The molecule has 15 heteroatoms. The van der Waals surface area contributed by atoms with Gasteiger partial charge in [0, 0.05) is 0 Å². The quantitative estimate of drug-likeness (QED) is 0.176. The van der Waals surface area contributed by atoms with Crippen molar-refractivity contribution in [2.75, 3.05) is 19.8 Å². The van der Waals surface area contributed by atoms with E-state index in [-0.39, 0.29) is 74.2 Å². The van der Waals surface area contributed by atoms with Crippen LogP contribution in [0.25, 0.3) is 0 Å². The number of carbonyl (C=O) groups is 3. The third kappa shape index (κ3) is 6.77. The lowest BCUT2D eigenvalue weighted by Gasteiger charge is -2.24. The zero-order valence-electron chi connectivity index (χ0n) is 27.7. The highest BCUT2D eigenvalue weighted by Gasteiger charge is 2.46. The number of aromatic nitrogens is 3. The lowest BCUT2D eigenvalue weighted by Crippen LogP contribution is -2.59. The average Bonchev–Trinajstić information content (AvgIpc) is 3.96. The van der Waals surface area contributed by atoms with Gasteiger partial charge in [-0.15, -0.1) is 0 Å². The number of fused-ring (bicyclic) bond motifs is 3. The predicted octanol–water partition coefficient (Wildman–Crippen LogP) is 1.19. The van der Waals surface area contributed by atoms with Gasteiger partial charge < -0.3 is 28.4 Å². The maximum absolute atomic E-state index is 13.9. The zero-order chi connectivity index (χ0) is 33.9. The first-order valence-electron chi connectivity index (χ1n) is 17.5. The summed E-state index contributed by atoms with van der Waals surface area (Å²) in [7, 11) is 0. The second-order valence-electron chi connectivity index (χ2n) is 14.6. The van der Waals surface area contributed by atoms with E-state index >= 15 is 0 Å². The van der Waals surface area contributed by atoms with Crippen LogP contribution < -0.4 is 17.1 Å². The summed E-state index contributed by atoms with van der Waals surface area (Å²) >= 11 is 0. The van der Waals surface area contributed by atoms with Gasteiger partial charge in [0.25, 0.3) is 0 Å². The number of hydrogen-bond donors (Lipinski definition) is 0. The van der Waals surface area contributed by atoms with Gasteiger partial charge in [-0.3, -0.25) is 0 Å². The van der Waals surface area contributed by atoms with Crippen LogP contribution in [-0.2, 0) is 42.8 Å². The van der Waals surface area contributed by atoms with E-state index in [1.54, 1.807) is 0 Å². The van der Waals surface area contributed by atoms with Crippen LogP contribution in [0.1, 0.15) is 96.7 Å². The number of carbonyl (C=O) groups excluding carboxylic acids is 3. The molecule has 1 aromatic rings. The van der Waals surface area contributed by atoms with Gasteiger partial charge >= 0.3 is 35.0 Å². The van der Waals surface area contributed by atoms with Crippen molar-refractivity contribution in [3.05, 3.63) is 31.5 Å². The van der Waals surface area contributed by atoms with Gasteiger partial charge in [0.15, 0.2) is 0 Å². The fraction of sp³-hybridized carbons (Fsp3) is 0.818. The molecule has 12 atom stereocenters. The van der Waals surface area contributed by atoms with Crippen LogP contribution in [0.5, 0.6) is 0 Å². The van der Waals surface area contributed by atoms with E-state index in [4.69, 9.17) is 28.4 Å². The molecule has 15 nitrogen and oxygen atoms in total. The van der Waals surface area contributed by atoms with Gasteiger partial charge in [0.05, 0.1) is 56.4 Å². The minimum atomic E-state index is -1.47. The summed E-state index contributed by atoms with van der Waals surface area (Å²) in [5, 5.41) is 0. The Morgan fingerprint density at radius 1 is 0.521 bits per heavy atom. The van der Waals surface area contributed by atoms with E-state index in [0.717, 1.165) is 57.8 Å². The van der Waals surface area contributed by atoms with E-state index in [1.807, 2.05) is 0 Å². The summed E-state index contributed by atoms with van der Waals surface area (Å²) in [5.41, 5.74) is -3.55. The van der Waals surface area contributed by atoms with Gasteiger partial charge in [0.1, 0.15) is 18.1 Å². The Hall–Kier alpha value is -3.30. The summed E-state index contributed by atoms with van der Waals surface area (Å²) in [5.74, 6) is -2.32. The largest absolute Gasteiger partial charge is 0.464 e. The van der Waals surface area contributed by atoms with Crippen molar-refractivity contribution in [1.29, 1.82) is 0 Å². The number of rotatable bonds is 12. The molecule has 1 aromatic heterocycles. The molecule has 0 aromatic carbocycles. The molecule has 6 fully saturated rings. The minimum Gasteiger partial charge on any atom is -0.464 e. The first kappa shape index (κ1) is 33.2. The van der Waals surface area contributed by atoms with Crippen LogP contribution in [0.15, 0.2) is 14.4 Å². The molecule has 0 radical (unpaired) electrons. The Balaban J connectivity index is 1.11. The van der Waals surface area contributed by atoms with Crippen LogP contribution in [0.2, 0.25) is 0 Å². The molecule has 3 aliphatic carbocycles. The SMILES string of the molecule is CC(C(=O)OCC1CCC2OC2C1)n1c(=O)n(C(C)C(=O)OCC2CCC3OC3C2)c(=O)n(C(C)C(=O)OCC2CCC3OC3C2)c1=O. The molecule has 264 valence electrons. The Bertz CT molecular complexity index is 1400. The Morgan fingerprint density at radius 3 is 1.04 bits per heavy atom. The molecule has 3 saturated carbocycles. The van der Waals surface area contributed by atoms with Crippen molar-refractivity contribution in [3.8, 4) is 0 Å². The van der Waals surface area contributed by atoms with Crippen molar-refractivity contribution >= 4 is 17.9 Å².